The van der Waals surface area contributed by atoms with Crippen LogP contribution in [0.4, 0.5) is 0 Å². The summed E-state index contributed by atoms with van der Waals surface area (Å²) < 4.78 is 15.2. The molecule has 136 valence electrons. The lowest BCUT2D eigenvalue weighted by Gasteiger charge is -2.39. The van der Waals surface area contributed by atoms with E-state index in [1.54, 1.807) is 0 Å². The Bertz CT molecular complexity index is 393. The van der Waals surface area contributed by atoms with Crippen LogP contribution in [0.15, 0.2) is 0 Å². The van der Waals surface area contributed by atoms with E-state index in [0.29, 0.717) is 0 Å². The summed E-state index contributed by atoms with van der Waals surface area (Å²) in [7, 11) is 0. The molecule has 23 heavy (non-hydrogen) atoms. The van der Waals surface area contributed by atoms with E-state index in [-0.39, 0.29) is 0 Å². The van der Waals surface area contributed by atoms with E-state index in [2.05, 4.69) is 0 Å². The number of aliphatic hydroxyl groups is 8. The standard InChI is InChI=1S/C12H22O11/c13-1-4-6(15)8(17)9(18)11(22-4)21-2-5-7(16)10(19)12(20,3-14)23-5/h4-11,13-20H,1-3H2/t4?,5-,6-,7+,8-,9?,10?,11+,12+/m1/s1. The van der Waals surface area contributed by atoms with Gasteiger partial charge in [-0.15, -0.1) is 0 Å². The molecule has 11 heteroatoms. The molecule has 2 aliphatic heterocycles. The SMILES string of the molecule is OCC1O[C@H](OC[C@H]2O[C@@](O)(CO)C(O)[C@H]2O)C(O)[C@H](O)[C@@H]1O. The van der Waals surface area contributed by atoms with Crippen LogP contribution in [0.3, 0.4) is 0 Å². The fraction of sp³-hybridized carbons (Fsp3) is 1.00. The van der Waals surface area contributed by atoms with Crippen LogP contribution in [0, 0.1) is 0 Å². The molecule has 2 heterocycles. The van der Waals surface area contributed by atoms with Gasteiger partial charge < -0.3 is 55.1 Å². The molecule has 2 rings (SSSR count). The van der Waals surface area contributed by atoms with E-state index in [0.717, 1.165) is 0 Å². The molecular weight excluding hydrogens is 320 g/mol. The predicted molar refractivity (Wildman–Crippen MR) is 68.6 cm³/mol. The summed E-state index contributed by atoms with van der Waals surface area (Å²) in [6.45, 7) is -2.05. The molecule has 0 aliphatic carbocycles. The second-order valence-electron chi connectivity index (χ2n) is 5.63. The molecular formula is C12H22O11. The van der Waals surface area contributed by atoms with Crippen molar-refractivity contribution in [3.8, 4) is 0 Å². The van der Waals surface area contributed by atoms with Crippen LogP contribution in [0.2, 0.25) is 0 Å². The number of ether oxygens (including phenoxy) is 3. The molecule has 3 unspecified atom stereocenters. The molecule has 0 bridgehead atoms. The summed E-state index contributed by atoms with van der Waals surface area (Å²) >= 11 is 0. The molecule has 0 amide bonds. The first kappa shape index (κ1) is 18.9. The van der Waals surface area contributed by atoms with Gasteiger partial charge in [0.2, 0.25) is 5.79 Å². The smallest absolute Gasteiger partial charge is 0.219 e. The molecule has 0 aromatic carbocycles. The average Bonchev–Trinajstić information content (AvgIpc) is 2.77. The van der Waals surface area contributed by atoms with Crippen LogP contribution in [0.25, 0.3) is 0 Å². The maximum atomic E-state index is 9.78. The zero-order valence-electron chi connectivity index (χ0n) is 12.0. The van der Waals surface area contributed by atoms with Crippen molar-refractivity contribution >= 4 is 0 Å². The molecule has 0 radical (unpaired) electrons. The molecule has 8 N–H and O–H groups in total. The Morgan fingerprint density at radius 3 is 2.04 bits per heavy atom. The van der Waals surface area contributed by atoms with E-state index < -0.39 is 74.6 Å². The van der Waals surface area contributed by atoms with Gasteiger partial charge in [-0.2, -0.15) is 0 Å². The van der Waals surface area contributed by atoms with Gasteiger partial charge in [0, 0.05) is 0 Å². The van der Waals surface area contributed by atoms with Crippen LogP contribution in [-0.2, 0) is 14.2 Å². The average molecular weight is 342 g/mol. The first-order valence-corrected chi connectivity index (χ1v) is 7.04. The molecule has 2 fully saturated rings. The molecule has 0 aromatic heterocycles. The van der Waals surface area contributed by atoms with Gasteiger partial charge >= 0.3 is 0 Å². The number of aliphatic hydroxyl groups excluding tert-OH is 7. The van der Waals surface area contributed by atoms with Crippen molar-refractivity contribution in [2.45, 2.75) is 54.8 Å². The minimum Gasteiger partial charge on any atom is -0.394 e. The number of hydrogen-bond donors (Lipinski definition) is 8. The highest BCUT2D eigenvalue weighted by molar-refractivity contribution is 4.95. The van der Waals surface area contributed by atoms with Gasteiger partial charge in [0.25, 0.3) is 0 Å². The Hall–Kier alpha value is -0.440. The monoisotopic (exact) mass is 342 g/mol. The van der Waals surface area contributed by atoms with Crippen molar-refractivity contribution in [3.05, 3.63) is 0 Å². The van der Waals surface area contributed by atoms with Crippen LogP contribution >= 0.6 is 0 Å². The Balaban J connectivity index is 1.95. The highest BCUT2D eigenvalue weighted by atomic mass is 16.7. The fourth-order valence-electron chi connectivity index (χ4n) is 2.53. The number of rotatable bonds is 5. The van der Waals surface area contributed by atoms with Crippen molar-refractivity contribution in [3.63, 3.8) is 0 Å². The van der Waals surface area contributed by atoms with Crippen LogP contribution in [0.5, 0.6) is 0 Å². The highest BCUT2D eigenvalue weighted by Gasteiger charge is 2.53. The Labute approximate surface area is 130 Å². The third kappa shape index (κ3) is 3.50. The zero-order valence-corrected chi connectivity index (χ0v) is 12.0. The quantitative estimate of drug-likeness (QED) is 0.238. The molecule has 2 saturated heterocycles. The van der Waals surface area contributed by atoms with Crippen LogP contribution in [0.1, 0.15) is 0 Å². The van der Waals surface area contributed by atoms with E-state index in [1.807, 2.05) is 0 Å². The maximum Gasteiger partial charge on any atom is 0.219 e. The summed E-state index contributed by atoms with van der Waals surface area (Å²) in [6, 6.07) is 0. The first-order chi connectivity index (χ1) is 10.7. The maximum absolute atomic E-state index is 9.78. The summed E-state index contributed by atoms with van der Waals surface area (Å²) in [5.41, 5.74) is 0. The second-order valence-corrected chi connectivity index (χ2v) is 5.63. The van der Waals surface area contributed by atoms with Gasteiger partial charge in [-0.05, 0) is 0 Å². The largest absolute Gasteiger partial charge is 0.394 e. The van der Waals surface area contributed by atoms with Gasteiger partial charge in [-0.1, -0.05) is 0 Å². The molecule has 0 spiro atoms. The molecule has 9 atom stereocenters. The first-order valence-electron chi connectivity index (χ1n) is 7.04. The van der Waals surface area contributed by atoms with Crippen LogP contribution < -0.4 is 0 Å². The number of hydrogen-bond acceptors (Lipinski definition) is 11. The van der Waals surface area contributed by atoms with E-state index in [4.69, 9.17) is 24.4 Å². The Morgan fingerprint density at radius 2 is 1.52 bits per heavy atom. The fourth-order valence-corrected chi connectivity index (χ4v) is 2.53. The van der Waals surface area contributed by atoms with E-state index in [9.17, 15) is 30.6 Å². The summed E-state index contributed by atoms with van der Waals surface area (Å²) in [6.07, 6.45) is -12.0. The highest BCUT2D eigenvalue weighted by Crippen LogP contribution is 2.30. The lowest BCUT2D eigenvalue weighted by molar-refractivity contribution is -0.310. The Morgan fingerprint density at radius 1 is 0.870 bits per heavy atom. The molecule has 2 aliphatic rings. The second kappa shape index (κ2) is 7.21. The molecule has 0 aromatic rings. The van der Waals surface area contributed by atoms with Crippen molar-refractivity contribution in [2.24, 2.45) is 0 Å². The van der Waals surface area contributed by atoms with Crippen molar-refractivity contribution in [1.29, 1.82) is 0 Å². The third-order valence-corrected chi connectivity index (χ3v) is 4.02. The zero-order chi connectivity index (χ0) is 17.4. The van der Waals surface area contributed by atoms with E-state index in [1.165, 1.54) is 0 Å². The lowest BCUT2D eigenvalue weighted by atomic mass is 9.99. The lowest BCUT2D eigenvalue weighted by Crippen LogP contribution is -2.59. The van der Waals surface area contributed by atoms with Gasteiger partial charge in [0.15, 0.2) is 6.29 Å². The van der Waals surface area contributed by atoms with Gasteiger partial charge in [-0.25, -0.2) is 0 Å². The minimum absolute atomic E-state index is 0.469. The normalized spacial score (nSPS) is 51.1. The predicted octanol–water partition coefficient (Wildman–Crippen LogP) is -5.40. The van der Waals surface area contributed by atoms with Gasteiger partial charge in [-0.3, -0.25) is 0 Å². The molecule has 11 nitrogen and oxygen atoms in total. The summed E-state index contributed by atoms with van der Waals surface area (Å²) in [5.74, 6) is -2.34. The van der Waals surface area contributed by atoms with Gasteiger partial charge in [0.1, 0.15) is 42.7 Å². The van der Waals surface area contributed by atoms with Gasteiger partial charge in [0.05, 0.1) is 19.8 Å². The van der Waals surface area contributed by atoms with Crippen molar-refractivity contribution < 1.29 is 55.1 Å². The Kier molecular flexibility index (Phi) is 5.92. The van der Waals surface area contributed by atoms with Crippen molar-refractivity contribution in [1.82, 2.24) is 0 Å². The molecule has 0 saturated carbocycles. The summed E-state index contributed by atoms with van der Waals surface area (Å²) in [5, 5.41) is 76.1. The van der Waals surface area contributed by atoms with Crippen molar-refractivity contribution in [2.75, 3.05) is 19.8 Å². The minimum atomic E-state index is -2.34. The van der Waals surface area contributed by atoms with E-state index >= 15 is 0 Å². The third-order valence-electron chi connectivity index (χ3n) is 4.02. The topological polar surface area (TPSA) is 190 Å². The summed E-state index contributed by atoms with van der Waals surface area (Å²) in [4.78, 5) is 0. The van der Waals surface area contributed by atoms with Crippen LogP contribution in [-0.4, -0.2) is 115 Å².